The van der Waals surface area contributed by atoms with Crippen molar-refractivity contribution in [3.63, 3.8) is 0 Å². The van der Waals surface area contributed by atoms with Crippen LogP contribution in [0.25, 0.3) is 33.4 Å². The Labute approximate surface area is 474 Å². The molecule has 0 bridgehead atoms. The van der Waals surface area contributed by atoms with Gasteiger partial charge in [0.2, 0.25) is 0 Å². The Morgan fingerprint density at radius 3 is 0.537 bits per heavy atom. The summed E-state index contributed by atoms with van der Waals surface area (Å²) in [5.41, 5.74) is 6.63. The second kappa shape index (κ2) is 37.8. The van der Waals surface area contributed by atoms with Crippen molar-refractivity contribution in [3.8, 4) is 67.9 Å². The first-order valence-corrected chi connectivity index (χ1v) is 26.3. The van der Waals surface area contributed by atoms with E-state index in [1.807, 2.05) is 97.1 Å². The molecular formula is C64H82F6O9S. The number of benzene rings is 7. The Kier molecular flexibility index (Phi) is 34.5. The topological polar surface area (TPSA) is 90.9 Å². The molecular weight excluding hydrogens is 1060 g/mol. The molecule has 0 N–H and O–H groups in total. The van der Waals surface area contributed by atoms with Crippen LogP contribution in [0.15, 0.2) is 170 Å². The van der Waals surface area contributed by atoms with Crippen LogP contribution in [0.4, 0.5) is 26.3 Å². The van der Waals surface area contributed by atoms with Crippen molar-refractivity contribution in [1.82, 2.24) is 0 Å². The van der Waals surface area contributed by atoms with Crippen molar-refractivity contribution in [3.05, 3.63) is 181 Å². The average Bonchev–Trinajstić information content (AvgIpc) is 3.44. The largest absolute Gasteiger partial charge is 0.497 e. The van der Waals surface area contributed by atoms with E-state index in [4.69, 9.17) is 28.4 Å². The molecule has 1 atom stereocenters. The van der Waals surface area contributed by atoms with Gasteiger partial charge >= 0.3 is 12.4 Å². The van der Waals surface area contributed by atoms with Gasteiger partial charge in [-0.3, -0.25) is 4.18 Å². The quantitative estimate of drug-likeness (QED) is 0.124. The summed E-state index contributed by atoms with van der Waals surface area (Å²) in [6, 6.07) is 56.7. The van der Waals surface area contributed by atoms with E-state index < -0.39 is 28.8 Å². The van der Waals surface area contributed by atoms with Crippen LogP contribution < -0.4 is 28.4 Å². The van der Waals surface area contributed by atoms with Gasteiger partial charge in [0.05, 0.1) is 49.8 Å². The van der Waals surface area contributed by atoms with Gasteiger partial charge in [-0.2, -0.15) is 26.3 Å². The van der Waals surface area contributed by atoms with E-state index >= 15 is 0 Å². The van der Waals surface area contributed by atoms with E-state index in [2.05, 4.69) is 123 Å². The predicted octanol–water partition coefficient (Wildman–Crippen LogP) is 17.8. The fourth-order valence-electron chi connectivity index (χ4n) is 5.50. The third kappa shape index (κ3) is 30.4. The van der Waals surface area contributed by atoms with E-state index in [1.54, 1.807) is 56.9 Å². The summed E-state index contributed by atoms with van der Waals surface area (Å²) in [4.78, 5) is 0. The van der Waals surface area contributed by atoms with E-state index in [0.29, 0.717) is 5.41 Å². The smallest absolute Gasteiger partial charge is 0.402 e. The summed E-state index contributed by atoms with van der Waals surface area (Å²) in [5.74, 6) is 5.19. The molecule has 0 saturated carbocycles. The van der Waals surface area contributed by atoms with Crippen molar-refractivity contribution in [1.29, 1.82) is 0 Å². The fraction of sp³-hybridized carbons (Fsp3) is 0.344. The first-order chi connectivity index (χ1) is 37.5. The van der Waals surface area contributed by atoms with Crippen molar-refractivity contribution in [2.24, 2.45) is 10.8 Å². The van der Waals surface area contributed by atoms with Crippen LogP contribution in [0.2, 0.25) is 0 Å². The molecule has 7 rings (SSSR count). The van der Waals surface area contributed by atoms with Gasteiger partial charge in [-0.1, -0.05) is 136 Å². The van der Waals surface area contributed by atoms with Gasteiger partial charge in [0.25, 0.3) is 0 Å². The molecule has 0 amide bonds. The second-order valence-electron chi connectivity index (χ2n) is 19.1. The van der Waals surface area contributed by atoms with Gasteiger partial charge in [0.1, 0.15) is 34.5 Å². The maximum Gasteiger partial charge on any atom is 0.402 e. The summed E-state index contributed by atoms with van der Waals surface area (Å²) in [5, 5.41) is 0. The molecule has 0 saturated heterocycles. The lowest BCUT2D eigenvalue weighted by Gasteiger charge is -2.29. The van der Waals surface area contributed by atoms with Crippen LogP contribution in [-0.2, 0) is 20.0 Å². The Balaban J connectivity index is 0.000000957. The zero-order chi connectivity index (χ0) is 61.1. The lowest BCUT2D eigenvalue weighted by atomic mass is 9.92. The summed E-state index contributed by atoms with van der Waals surface area (Å²) in [6.07, 6.45) is -9.02. The van der Waals surface area contributed by atoms with Gasteiger partial charge in [-0.05, 0) is 139 Å². The van der Waals surface area contributed by atoms with E-state index in [9.17, 15) is 30.6 Å². The highest BCUT2D eigenvalue weighted by atomic mass is 32.2. The molecule has 0 aromatic heterocycles. The van der Waals surface area contributed by atoms with Crippen molar-refractivity contribution >= 4 is 11.1 Å². The Hall–Kier alpha value is -7.01. The molecule has 0 aliphatic heterocycles. The molecule has 7 aromatic carbocycles. The van der Waals surface area contributed by atoms with Gasteiger partial charge in [0.15, 0.2) is 16.5 Å². The minimum atomic E-state index is -5.24. The number of alkyl halides is 6. The molecule has 0 heterocycles. The van der Waals surface area contributed by atoms with E-state index in [-0.39, 0.29) is 13.8 Å². The molecule has 0 spiro atoms. The van der Waals surface area contributed by atoms with E-state index in [1.165, 1.54) is 57.9 Å². The number of rotatable bonds is 10. The van der Waals surface area contributed by atoms with Crippen LogP contribution >= 0.6 is 0 Å². The third-order valence-corrected chi connectivity index (χ3v) is 10.9. The summed E-state index contributed by atoms with van der Waals surface area (Å²) < 4.78 is 118. The third-order valence-electron chi connectivity index (χ3n) is 10.4. The van der Waals surface area contributed by atoms with Crippen LogP contribution in [0.3, 0.4) is 0 Å². The van der Waals surface area contributed by atoms with Gasteiger partial charge in [-0.25, -0.2) is 4.21 Å². The Morgan fingerprint density at radius 1 is 0.312 bits per heavy atom. The summed E-state index contributed by atoms with van der Waals surface area (Å²) in [6.45, 7) is 13.2. The first kappa shape index (κ1) is 73.0. The minimum Gasteiger partial charge on any atom is -0.497 e. The standard InChI is InChI=1S/C20H18O2.C14H14O2.C8H10O2.C8H10.C5H6F6.C5H12.C2H6O2S.C2H6O/c1-21-19-11-7-17(8-12-19)15-3-5-16(6-4-15)18-9-13-20(22-2)14-10-18;1-15-13-7-3-11(4-8-13)12-5-9-14(16-2)10-6-12;1-9-7-3-5-8(10-2)6-4-7;1-7-3-5-8(2)6-4-7;1-3(2,4(6,7)8)5(9,10)11;1-5(2,3)4;1-4-5(2)3;1-3-2/h3-14H,1-2H3;3-10H,1-2H3;3-6H,1-2H3;3-6H,1-2H3;1-2H3;1-4H3;1-2H3;1-2H3. The molecule has 80 heavy (non-hydrogen) atoms. The second-order valence-corrected chi connectivity index (χ2v) is 20.3. The molecule has 7 aromatic rings. The number of ether oxygens (including phenoxy) is 7. The van der Waals surface area contributed by atoms with E-state index in [0.717, 1.165) is 34.5 Å². The van der Waals surface area contributed by atoms with Crippen molar-refractivity contribution < 1.29 is 67.9 Å². The van der Waals surface area contributed by atoms with Gasteiger partial charge in [0, 0.05) is 20.5 Å². The minimum absolute atomic E-state index is 0.104. The predicted molar refractivity (Wildman–Crippen MR) is 316 cm³/mol. The molecule has 0 radical (unpaired) electrons. The fourth-order valence-corrected chi connectivity index (χ4v) is 5.50. The number of aryl methyl sites for hydroxylation is 2. The molecule has 16 heteroatoms. The van der Waals surface area contributed by atoms with Gasteiger partial charge < -0.3 is 33.2 Å². The lowest BCUT2D eigenvalue weighted by Crippen LogP contribution is -2.44. The molecule has 0 fully saturated rings. The summed E-state index contributed by atoms with van der Waals surface area (Å²) >= 11 is -1.07. The normalized spacial score (nSPS) is 10.8. The average molecular weight is 1140 g/mol. The molecule has 440 valence electrons. The maximum absolute atomic E-state index is 11.6. The molecule has 9 nitrogen and oxygen atoms in total. The zero-order valence-electron chi connectivity index (χ0n) is 49.5. The summed E-state index contributed by atoms with van der Waals surface area (Å²) in [7, 11) is 14.6. The van der Waals surface area contributed by atoms with Crippen LogP contribution in [-0.4, -0.2) is 86.8 Å². The highest BCUT2D eigenvalue weighted by Gasteiger charge is 2.64. The van der Waals surface area contributed by atoms with Gasteiger partial charge in [-0.15, -0.1) is 0 Å². The molecule has 0 aliphatic rings. The molecule has 1 unspecified atom stereocenters. The van der Waals surface area contributed by atoms with Crippen LogP contribution in [0, 0.1) is 24.7 Å². The lowest BCUT2D eigenvalue weighted by molar-refractivity contribution is -0.327. The van der Waals surface area contributed by atoms with Crippen molar-refractivity contribution in [2.45, 2.75) is 67.7 Å². The van der Waals surface area contributed by atoms with Crippen molar-refractivity contribution in [2.75, 3.05) is 70.2 Å². The van der Waals surface area contributed by atoms with Crippen LogP contribution in [0.1, 0.15) is 52.7 Å². The number of hydrogen-bond donors (Lipinski definition) is 0. The zero-order valence-corrected chi connectivity index (χ0v) is 50.3. The number of halogens is 6. The Bertz CT molecular complexity index is 2510. The highest BCUT2D eigenvalue weighted by Crippen LogP contribution is 2.49. The highest BCUT2D eigenvalue weighted by molar-refractivity contribution is 7.79. The SMILES string of the molecule is CC(C)(C(F)(F)F)C(F)(F)F.CC(C)(C)C.COC.COS(C)=O.COc1ccc(-c2ccc(-c3ccc(OC)cc3)cc2)cc1.COc1ccc(-c2ccc(OC)cc2)cc1.COc1ccc(OC)cc1.Cc1ccc(C)cc1. The maximum atomic E-state index is 11.6. The first-order valence-electron chi connectivity index (χ1n) is 24.8. The molecule has 0 aliphatic carbocycles. The number of hydrogen-bond acceptors (Lipinski definition) is 9. The van der Waals surface area contributed by atoms with Crippen LogP contribution in [0.5, 0.6) is 34.5 Å². The monoisotopic (exact) mass is 1140 g/mol. The Morgan fingerprint density at radius 2 is 0.438 bits per heavy atom. The number of methoxy groups -OCH3 is 7.